The Bertz CT molecular complexity index is 359. The van der Waals surface area contributed by atoms with Gasteiger partial charge in [-0.25, -0.2) is 0 Å². The molecule has 0 saturated heterocycles. The second-order valence-corrected chi connectivity index (χ2v) is 2.36. The molecular weight excluding hydrogens is 156 g/mol. The Balaban J connectivity index is 2.69. The average Bonchev–Trinajstić information content (AvgIpc) is 2.12. The van der Waals surface area contributed by atoms with Gasteiger partial charge in [0.2, 0.25) is 5.78 Å². The minimum atomic E-state index is -0.266. The highest BCUT2D eigenvalue weighted by molar-refractivity contribution is 6.20. The fraction of sp³-hybridized carbons (Fsp3) is 0. The number of aromatic nitrogens is 2. The number of ketones is 2. The summed E-state index contributed by atoms with van der Waals surface area (Å²) in [5, 5.41) is 7.10. The molecule has 0 amide bonds. The Morgan fingerprint density at radius 1 is 1.08 bits per heavy atom. The van der Waals surface area contributed by atoms with E-state index in [-0.39, 0.29) is 17.3 Å². The highest BCUT2D eigenvalue weighted by Crippen LogP contribution is 2.11. The zero-order valence-corrected chi connectivity index (χ0v) is 6.02. The molecule has 0 aliphatic heterocycles. The van der Waals surface area contributed by atoms with Crippen LogP contribution in [-0.4, -0.2) is 21.8 Å². The first-order valence-corrected chi connectivity index (χ1v) is 3.37. The van der Waals surface area contributed by atoms with Gasteiger partial charge in [-0.1, -0.05) is 0 Å². The van der Waals surface area contributed by atoms with Crippen molar-refractivity contribution in [2.75, 3.05) is 0 Å². The van der Waals surface area contributed by atoms with E-state index in [2.05, 4.69) is 10.2 Å². The van der Waals surface area contributed by atoms with E-state index in [0.717, 1.165) is 0 Å². The highest BCUT2D eigenvalue weighted by Gasteiger charge is 2.19. The monoisotopic (exact) mass is 160 g/mol. The Labute approximate surface area is 67.9 Å². The van der Waals surface area contributed by atoms with Gasteiger partial charge in [-0.05, 0) is 18.2 Å². The first kappa shape index (κ1) is 6.84. The van der Waals surface area contributed by atoms with E-state index in [9.17, 15) is 9.59 Å². The molecule has 0 aromatic carbocycles. The van der Waals surface area contributed by atoms with Crippen molar-refractivity contribution in [1.82, 2.24) is 10.2 Å². The number of nitrogens with zero attached hydrogens (tertiary/aromatic N) is 2. The normalized spacial score (nSPS) is 14.7. The zero-order valence-electron chi connectivity index (χ0n) is 6.02. The lowest BCUT2D eigenvalue weighted by molar-refractivity contribution is 0.0989. The molecule has 0 atom stereocenters. The van der Waals surface area contributed by atoms with Crippen LogP contribution < -0.4 is 0 Å². The fourth-order valence-electron chi connectivity index (χ4n) is 1.03. The Kier molecular flexibility index (Phi) is 1.33. The minimum absolute atomic E-state index is 0.144. The van der Waals surface area contributed by atoms with Crippen LogP contribution in [0.3, 0.4) is 0 Å². The molecular formula is C8H4N2O2. The summed E-state index contributed by atoms with van der Waals surface area (Å²) < 4.78 is 0. The molecule has 0 radical (unpaired) electrons. The summed E-state index contributed by atoms with van der Waals surface area (Å²) >= 11 is 0. The summed E-state index contributed by atoms with van der Waals surface area (Å²) in [7, 11) is 0. The summed E-state index contributed by atoms with van der Waals surface area (Å²) in [6.07, 6.45) is 3.84. The topological polar surface area (TPSA) is 59.9 Å². The minimum Gasteiger partial charge on any atom is -0.289 e. The number of rotatable bonds is 0. The van der Waals surface area contributed by atoms with Crippen LogP contribution in [0.5, 0.6) is 0 Å². The third-order valence-corrected chi connectivity index (χ3v) is 1.61. The summed E-state index contributed by atoms with van der Waals surface area (Å²) in [5.41, 5.74) is 0.475. The van der Waals surface area contributed by atoms with E-state index in [0.29, 0.717) is 5.56 Å². The quantitative estimate of drug-likeness (QED) is 0.551. The second kappa shape index (κ2) is 2.34. The smallest absolute Gasteiger partial charge is 0.206 e. The largest absolute Gasteiger partial charge is 0.289 e. The van der Waals surface area contributed by atoms with Crippen LogP contribution in [-0.2, 0) is 0 Å². The first-order chi connectivity index (χ1) is 5.79. The van der Waals surface area contributed by atoms with Gasteiger partial charge in [0.25, 0.3) is 0 Å². The Morgan fingerprint density at radius 3 is 2.58 bits per heavy atom. The predicted molar refractivity (Wildman–Crippen MR) is 39.8 cm³/mol. The number of fused-ring (bicyclic) bond motifs is 1. The summed E-state index contributed by atoms with van der Waals surface area (Å²) in [6.45, 7) is 0. The van der Waals surface area contributed by atoms with Crippen molar-refractivity contribution in [3.63, 3.8) is 0 Å². The molecule has 4 nitrogen and oxygen atoms in total. The average molecular weight is 160 g/mol. The summed E-state index contributed by atoms with van der Waals surface area (Å²) in [6, 6.07) is 1.49. The molecule has 4 heteroatoms. The van der Waals surface area contributed by atoms with Crippen molar-refractivity contribution in [3.8, 4) is 0 Å². The molecule has 58 valence electrons. The van der Waals surface area contributed by atoms with Crippen molar-refractivity contribution in [1.29, 1.82) is 0 Å². The maximum Gasteiger partial charge on any atom is 0.206 e. The van der Waals surface area contributed by atoms with Crippen molar-refractivity contribution in [3.05, 3.63) is 35.7 Å². The van der Waals surface area contributed by atoms with E-state index in [1.807, 2.05) is 0 Å². The van der Waals surface area contributed by atoms with Crippen LogP contribution in [0.15, 0.2) is 24.4 Å². The summed E-state index contributed by atoms with van der Waals surface area (Å²) in [4.78, 5) is 22.2. The molecule has 2 rings (SSSR count). The summed E-state index contributed by atoms with van der Waals surface area (Å²) in [5.74, 6) is -0.461. The third-order valence-electron chi connectivity index (χ3n) is 1.61. The van der Waals surface area contributed by atoms with Crippen molar-refractivity contribution in [2.24, 2.45) is 0 Å². The molecule has 0 spiro atoms. The standard InChI is InChI=1S/C8H4N2O2/c11-6-1-2-7(12)8-5(6)3-4-9-10-8/h1-4H. The molecule has 0 unspecified atom stereocenters. The van der Waals surface area contributed by atoms with Crippen molar-refractivity contribution < 1.29 is 9.59 Å². The third kappa shape index (κ3) is 0.852. The maximum atomic E-state index is 11.1. The lowest BCUT2D eigenvalue weighted by Crippen LogP contribution is -2.13. The number of carbonyl (C=O) groups excluding carboxylic acids is 2. The van der Waals surface area contributed by atoms with Gasteiger partial charge in [-0.15, -0.1) is 5.10 Å². The van der Waals surface area contributed by atoms with Gasteiger partial charge in [0.15, 0.2) is 5.78 Å². The fourth-order valence-corrected chi connectivity index (χ4v) is 1.03. The van der Waals surface area contributed by atoms with Crippen LogP contribution in [0.1, 0.15) is 20.8 Å². The molecule has 0 saturated carbocycles. The van der Waals surface area contributed by atoms with Crippen molar-refractivity contribution in [2.45, 2.75) is 0 Å². The van der Waals surface area contributed by atoms with E-state index in [1.54, 1.807) is 0 Å². The number of hydrogen-bond acceptors (Lipinski definition) is 4. The molecule has 1 aromatic rings. The molecule has 0 fully saturated rings. The van der Waals surface area contributed by atoms with Gasteiger partial charge >= 0.3 is 0 Å². The van der Waals surface area contributed by atoms with Gasteiger partial charge in [0, 0.05) is 0 Å². The lowest BCUT2D eigenvalue weighted by atomic mass is 10.0. The Hall–Kier alpha value is -1.84. The molecule has 1 aromatic heterocycles. The van der Waals surface area contributed by atoms with E-state index in [4.69, 9.17) is 0 Å². The molecule has 1 aliphatic carbocycles. The maximum absolute atomic E-state index is 11.1. The van der Waals surface area contributed by atoms with Crippen LogP contribution in [0, 0.1) is 0 Å². The van der Waals surface area contributed by atoms with Gasteiger partial charge in [-0.2, -0.15) is 5.10 Å². The number of carbonyl (C=O) groups is 2. The molecule has 12 heavy (non-hydrogen) atoms. The number of allylic oxidation sites excluding steroid dienone is 2. The lowest BCUT2D eigenvalue weighted by Gasteiger charge is -2.04. The molecule has 0 N–H and O–H groups in total. The van der Waals surface area contributed by atoms with Crippen LogP contribution in [0.4, 0.5) is 0 Å². The number of hydrogen-bond donors (Lipinski definition) is 0. The van der Waals surface area contributed by atoms with E-state index >= 15 is 0 Å². The second-order valence-electron chi connectivity index (χ2n) is 2.36. The van der Waals surface area contributed by atoms with Gasteiger partial charge in [-0.3, -0.25) is 9.59 Å². The SMILES string of the molecule is O=C1C=CC(=O)c2nnccc21. The van der Waals surface area contributed by atoms with Gasteiger partial charge < -0.3 is 0 Å². The van der Waals surface area contributed by atoms with E-state index in [1.165, 1.54) is 24.4 Å². The van der Waals surface area contributed by atoms with Gasteiger partial charge in [0.1, 0.15) is 5.69 Å². The van der Waals surface area contributed by atoms with Gasteiger partial charge in [0.05, 0.1) is 11.8 Å². The van der Waals surface area contributed by atoms with Crippen molar-refractivity contribution >= 4 is 11.6 Å². The molecule has 0 bridgehead atoms. The molecule has 1 heterocycles. The van der Waals surface area contributed by atoms with E-state index < -0.39 is 0 Å². The van der Waals surface area contributed by atoms with Crippen LogP contribution in [0.2, 0.25) is 0 Å². The first-order valence-electron chi connectivity index (χ1n) is 3.37. The van der Waals surface area contributed by atoms with Crippen LogP contribution in [0.25, 0.3) is 0 Å². The zero-order chi connectivity index (χ0) is 8.55. The Morgan fingerprint density at radius 2 is 1.83 bits per heavy atom. The van der Waals surface area contributed by atoms with Crippen LogP contribution >= 0.6 is 0 Å². The molecule has 1 aliphatic rings. The predicted octanol–water partition coefficient (Wildman–Crippen LogP) is 0.412. The highest BCUT2D eigenvalue weighted by atomic mass is 16.1.